The second kappa shape index (κ2) is 7.71. The molecule has 0 aliphatic carbocycles. The molecule has 0 radical (unpaired) electrons. The number of likely N-dealkylation sites (tertiary alicyclic amines) is 2. The zero-order valence-electron chi connectivity index (χ0n) is 19.5. The third-order valence-corrected chi connectivity index (χ3v) is 9.62. The van der Waals surface area contributed by atoms with Gasteiger partial charge in [-0.3, -0.25) is 14.5 Å². The van der Waals surface area contributed by atoms with Crippen LogP contribution in [-0.4, -0.2) is 55.2 Å². The Morgan fingerprint density at radius 3 is 2.62 bits per heavy atom. The minimum Gasteiger partial charge on any atom is -0.324 e. The SMILES string of the molecule is Cc1ccc2c(c1)[C@]1(C(=O)N2)N(C)C[C@H](c2cccs2)[C@]12CN(C)C/C(=C\c1cccs1)C2=O. The first-order valence-electron chi connectivity index (χ1n) is 11.5. The van der Waals surface area contributed by atoms with Crippen molar-refractivity contribution >= 4 is 46.1 Å². The Hall–Kier alpha value is -2.58. The van der Waals surface area contributed by atoms with Crippen molar-refractivity contribution < 1.29 is 9.59 Å². The number of likely N-dealkylation sites (N-methyl/N-ethyl adjacent to an activating group) is 2. The number of hydrogen-bond donors (Lipinski definition) is 1. The molecule has 1 N–H and O–H groups in total. The second-order valence-electron chi connectivity index (χ2n) is 9.82. The van der Waals surface area contributed by atoms with Gasteiger partial charge >= 0.3 is 0 Å². The zero-order valence-corrected chi connectivity index (χ0v) is 21.1. The number of nitrogens with one attached hydrogen (secondary N) is 1. The summed E-state index contributed by atoms with van der Waals surface area (Å²) < 4.78 is 0. The lowest BCUT2D eigenvalue weighted by Gasteiger charge is -2.50. The highest BCUT2D eigenvalue weighted by Gasteiger charge is 2.74. The van der Waals surface area contributed by atoms with Crippen LogP contribution in [0.25, 0.3) is 6.08 Å². The van der Waals surface area contributed by atoms with Crippen molar-refractivity contribution in [3.05, 3.63) is 79.7 Å². The van der Waals surface area contributed by atoms with E-state index < -0.39 is 11.0 Å². The molecular weight excluding hydrogens is 462 g/mol. The maximum atomic E-state index is 14.8. The van der Waals surface area contributed by atoms with Crippen molar-refractivity contribution in [1.29, 1.82) is 0 Å². The fourth-order valence-corrected chi connectivity index (χ4v) is 8.20. The van der Waals surface area contributed by atoms with E-state index in [4.69, 9.17) is 0 Å². The fraction of sp³-hybridized carbons (Fsp3) is 0.333. The highest BCUT2D eigenvalue weighted by Crippen LogP contribution is 2.64. The lowest BCUT2D eigenvalue weighted by molar-refractivity contribution is -0.146. The van der Waals surface area contributed by atoms with E-state index >= 15 is 0 Å². The van der Waals surface area contributed by atoms with Gasteiger partial charge in [0.1, 0.15) is 5.54 Å². The number of carbonyl (C=O) groups excluding carboxylic acids is 2. The third-order valence-electron chi connectivity index (χ3n) is 7.81. The first-order chi connectivity index (χ1) is 16.4. The number of carbonyl (C=O) groups is 2. The average molecular weight is 490 g/mol. The summed E-state index contributed by atoms with van der Waals surface area (Å²) in [4.78, 5) is 35.5. The predicted molar refractivity (Wildman–Crippen MR) is 138 cm³/mol. The van der Waals surface area contributed by atoms with E-state index in [1.54, 1.807) is 22.7 Å². The number of aryl methyl sites for hydroxylation is 1. The summed E-state index contributed by atoms with van der Waals surface area (Å²) in [6, 6.07) is 14.3. The molecule has 5 nitrogen and oxygen atoms in total. The monoisotopic (exact) mass is 489 g/mol. The number of benzene rings is 1. The highest BCUT2D eigenvalue weighted by atomic mass is 32.1. The molecule has 3 atom stereocenters. The van der Waals surface area contributed by atoms with Gasteiger partial charge in [-0.25, -0.2) is 0 Å². The van der Waals surface area contributed by atoms with E-state index in [0.29, 0.717) is 19.6 Å². The van der Waals surface area contributed by atoms with Crippen LogP contribution in [0.2, 0.25) is 0 Å². The molecule has 3 aromatic rings. The molecular formula is C27H27N3O2S2. The van der Waals surface area contributed by atoms with Crippen molar-refractivity contribution in [2.75, 3.05) is 39.0 Å². The number of nitrogens with zero attached hydrogens (tertiary/aromatic N) is 2. The Balaban J connectivity index is 1.65. The first kappa shape index (κ1) is 21.9. The van der Waals surface area contributed by atoms with Gasteiger partial charge in [-0.15, -0.1) is 22.7 Å². The number of thiophene rings is 2. The molecule has 0 saturated carbocycles. The highest BCUT2D eigenvalue weighted by molar-refractivity contribution is 7.11. The number of fused-ring (bicyclic) bond motifs is 3. The smallest absolute Gasteiger partial charge is 0.250 e. The van der Waals surface area contributed by atoms with E-state index in [1.165, 1.54) is 0 Å². The summed E-state index contributed by atoms with van der Waals surface area (Å²) >= 11 is 3.31. The third kappa shape index (κ3) is 2.78. The normalized spacial score (nSPS) is 30.6. The number of anilines is 1. The molecule has 0 bridgehead atoms. The van der Waals surface area contributed by atoms with Crippen LogP contribution in [0.5, 0.6) is 0 Å². The number of hydrogen-bond acceptors (Lipinski definition) is 6. The summed E-state index contributed by atoms with van der Waals surface area (Å²) in [6.07, 6.45) is 2.03. The number of rotatable bonds is 2. The van der Waals surface area contributed by atoms with E-state index in [1.807, 2.05) is 55.8 Å². The maximum Gasteiger partial charge on any atom is 0.250 e. The minimum absolute atomic E-state index is 0.0864. The molecule has 2 spiro atoms. The van der Waals surface area contributed by atoms with Gasteiger partial charge in [0, 0.05) is 52.1 Å². The molecule has 3 aliphatic rings. The number of piperidine rings is 1. The van der Waals surface area contributed by atoms with Crippen molar-refractivity contribution in [3.8, 4) is 0 Å². The van der Waals surface area contributed by atoms with Gasteiger partial charge in [0.15, 0.2) is 5.78 Å². The predicted octanol–water partition coefficient (Wildman–Crippen LogP) is 4.58. The van der Waals surface area contributed by atoms with Gasteiger partial charge in [0.25, 0.3) is 5.91 Å². The van der Waals surface area contributed by atoms with Crippen LogP contribution >= 0.6 is 22.7 Å². The molecule has 2 aromatic heterocycles. The van der Waals surface area contributed by atoms with Crippen LogP contribution in [0, 0.1) is 12.3 Å². The van der Waals surface area contributed by atoms with Crippen LogP contribution in [0.3, 0.4) is 0 Å². The Kier molecular flexibility index (Phi) is 4.97. The molecule has 6 rings (SSSR count). The van der Waals surface area contributed by atoms with E-state index in [-0.39, 0.29) is 17.6 Å². The topological polar surface area (TPSA) is 52.7 Å². The van der Waals surface area contributed by atoms with Crippen LogP contribution < -0.4 is 5.32 Å². The van der Waals surface area contributed by atoms with Gasteiger partial charge in [-0.2, -0.15) is 0 Å². The summed E-state index contributed by atoms with van der Waals surface area (Å²) in [5.74, 6) is -0.0725. The Morgan fingerprint density at radius 2 is 1.88 bits per heavy atom. The van der Waals surface area contributed by atoms with E-state index in [2.05, 4.69) is 39.7 Å². The van der Waals surface area contributed by atoms with Crippen LogP contribution in [0.4, 0.5) is 5.69 Å². The molecule has 2 fully saturated rings. The molecule has 1 aromatic carbocycles. The van der Waals surface area contributed by atoms with Crippen molar-refractivity contribution in [1.82, 2.24) is 9.80 Å². The second-order valence-corrected chi connectivity index (χ2v) is 11.8. The van der Waals surface area contributed by atoms with Crippen LogP contribution in [0.1, 0.15) is 26.8 Å². The molecule has 5 heterocycles. The van der Waals surface area contributed by atoms with Gasteiger partial charge in [-0.05, 0) is 56.1 Å². The molecule has 174 valence electrons. The van der Waals surface area contributed by atoms with Crippen molar-refractivity contribution in [2.24, 2.45) is 5.41 Å². The molecule has 2 saturated heterocycles. The molecule has 1 amide bonds. The largest absolute Gasteiger partial charge is 0.324 e. The lowest BCUT2D eigenvalue weighted by atomic mass is 9.57. The Morgan fingerprint density at radius 1 is 1.09 bits per heavy atom. The zero-order chi connectivity index (χ0) is 23.7. The summed E-state index contributed by atoms with van der Waals surface area (Å²) in [6.45, 7) is 3.80. The lowest BCUT2D eigenvalue weighted by Crippen LogP contribution is -2.65. The Bertz CT molecular complexity index is 1310. The number of amides is 1. The standard InChI is InChI=1S/C27H27N3O2S2/c1-17-8-9-22-20(12-17)27(25(32)28-22)26(21(15-30(27)3)23-7-5-11-34-23)16-29(2)14-18(24(26)31)13-19-6-4-10-33-19/h4-13,21H,14-16H2,1-3H3,(H,28,32)/b18-13+/t21-,26+,27-/m1/s1. The first-order valence-corrected chi connectivity index (χ1v) is 13.3. The van der Waals surface area contributed by atoms with Crippen molar-refractivity contribution in [2.45, 2.75) is 18.4 Å². The van der Waals surface area contributed by atoms with Gasteiger partial charge < -0.3 is 10.2 Å². The Labute approximate surface area is 207 Å². The van der Waals surface area contributed by atoms with E-state index in [0.717, 1.165) is 32.1 Å². The van der Waals surface area contributed by atoms with Gasteiger partial charge in [0.05, 0.1) is 5.41 Å². The van der Waals surface area contributed by atoms with E-state index in [9.17, 15) is 9.59 Å². The van der Waals surface area contributed by atoms with Gasteiger partial charge in [-0.1, -0.05) is 29.8 Å². The van der Waals surface area contributed by atoms with Crippen molar-refractivity contribution in [3.63, 3.8) is 0 Å². The number of Topliss-reactive ketones (excluding diaryl/α,β-unsaturated/α-hetero) is 1. The van der Waals surface area contributed by atoms with Gasteiger partial charge in [0.2, 0.25) is 0 Å². The number of ketones is 1. The van der Waals surface area contributed by atoms with Crippen LogP contribution in [-0.2, 0) is 15.1 Å². The average Bonchev–Trinajstić information content (AvgIpc) is 3.58. The quantitative estimate of drug-likeness (QED) is 0.536. The molecule has 34 heavy (non-hydrogen) atoms. The maximum absolute atomic E-state index is 14.8. The minimum atomic E-state index is -1.07. The summed E-state index contributed by atoms with van der Waals surface area (Å²) in [7, 11) is 4.08. The summed E-state index contributed by atoms with van der Waals surface area (Å²) in [5.41, 5.74) is 1.61. The molecule has 3 aliphatic heterocycles. The van der Waals surface area contributed by atoms with Crippen LogP contribution in [0.15, 0.2) is 58.8 Å². The molecule has 7 heteroatoms. The molecule has 0 unspecified atom stereocenters. The summed E-state index contributed by atoms with van der Waals surface area (Å²) in [5, 5.41) is 7.26. The fourth-order valence-electron chi connectivity index (χ4n) is 6.61.